The molecule has 2 aliphatic heterocycles. The zero-order valence-electron chi connectivity index (χ0n) is 12.7. The summed E-state index contributed by atoms with van der Waals surface area (Å²) in [5.74, 6) is -0.0386. The van der Waals surface area contributed by atoms with E-state index in [2.05, 4.69) is 15.3 Å². The van der Waals surface area contributed by atoms with Gasteiger partial charge in [0.25, 0.3) is 0 Å². The maximum absolute atomic E-state index is 13.9. The van der Waals surface area contributed by atoms with Gasteiger partial charge in [0, 0.05) is 24.0 Å². The molecule has 4 rings (SSSR count). The summed E-state index contributed by atoms with van der Waals surface area (Å²) in [4.78, 5) is 22.2. The largest absolute Gasteiger partial charge is 0.323 e. The quantitative estimate of drug-likeness (QED) is 0.818. The first-order valence-electron chi connectivity index (χ1n) is 7.76. The number of rotatable bonds is 1. The van der Waals surface area contributed by atoms with Crippen LogP contribution >= 0.6 is 0 Å². The molecule has 6 nitrogen and oxygen atoms in total. The van der Waals surface area contributed by atoms with E-state index in [9.17, 15) is 9.18 Å². The highest BCUT2D eigenvalue weighted by atomic mass is 19.1. The number of halogens is 1. The molecule has 0 unspecified atom stereocenters. The van der Waals surface area contributed by atoms with Crippen molar-refractivity contribution in [3.63, 3.8) is 0 Å². The number of nitrogens with one attached hydrogen (secondary N) is 1. The Morgan fingerprint density at radius 2 is 2.21 bits per heavy atom. The summed E-state index contributed by atoms with van der Waals surface area (Å²) >= 11 is 0. The third-order valence-electron chi connectivity index (χ3n) is 4.70. The molecule has 2 atom stereocenters. The second-order valence-corrected chi connectivity index (χ2v) is 6.00. The lowest BCUT2D eigenvalue weighted by Crippen LogP contribution is -2.44. The van der Waals surface area contributed by atoms with Gasteiger partial charge in [-0.15, -0.1) is 0 Å². The molecular formula is C17H14FN5O. The van der Waals surface area contributed by atoms with Gasteiger partial charge in [-0.3, -0.25) is 5.32 Å². The van der Waals surface area contributed by atoms with Crippen LogP contribution in [-0.2, 0) is 6.42 Å². The zero-order valence-corrected chi connectivity index (χ0v) is 12.7. The number of amides is 2. The first kappa shape index (κ1) is 14.6. The monoisotopic (exact) mass is 323 g/mol. The van der Waals surface area contributed by atoms with Gasteiger partial charge < -0.3 is 4.90 Å². The van der Waals surface area contributed by atoms with Gasteiger partial charge >= 0.3 is 6.03 Å². The fraction of sp³-hybridized carbons (Fsp3) is 0.294. The molecule has 1 fully saturated rings. The Labute approximate surface area is 138 Å². The van der Waals surface area contributed by atoms with E-state index in [1.54, 1.807) is 23.1 Å². The van der Waals surface area contributed by atoms with Crippen LogP contribution in [0, 0.1) is 17.3 Å². The minimum atomic E-state index is -0.432. The molecular weight excluding hydrogens is 309 g/mol. The minimum absolute atomic E-state index is 0.0282. The highest BCUT2D eigenvalue weighted by Crippen LogP contribution is 2.44. The number of hydrogen-bond acceptors (Lipinski definition) is 4. The first-order chi connectivity index (χ1) is 11.7. The van der Waals surface area contributed by atoms with Crippen molar-refractivity contribution in [1.82, 2.24) is 14.9 Å². The van der Waals surface area contributed by atoms with Crippen molar-refractivity contribution >= 4 is 11.8 Å². The summed E-state index contributed by atoms with van der Waals surface area (Å²) in [7, 11) is 0. The van der Waals surface area contributed by atoms with E-state index in [1.807, 2.05) is 6.07 Å². The molecule has 2 aliphatic rings. The molecule has 7 heteroatoms. The summed E-state index contributed by atoms with van der Waals surface area (Å²) in [5, 5.41) is 11.6. The topological polar surface area (TPSA) is 81.9 Å². The summed E-state index contributed by atoms with van der Waals surface area (Å²) in [6, 6.07) is 6.57. The van der Waals surface area contributed by atoms with Crippen LogP contribution in [0.4, 0.5) is 15.0 Å². The maximum Gasteiger partial charge on any atom is 0.323 e. The number of nitrogens with zero attached hydrogens (tertiary/aromatic N) is 4. The van der Waals surface area contributed by atoms with Crippen LogP contribution in [0.25, 0.3) is 0 Å². The minimum Gasteiger partial charge on any atom is -0.314 e. The second-order valence-electron chi connectivity index (χ2n) is 6.00. The van der Waals surface area contributed by atoms with Gasteiger partial charge in [0.2, 0.25) is 5.95 Å². The standard InChI is InChI=1S/C17H14FN5O/c18-16-13-7-11-2-3-14(12(13)5-6-20-16)23(11)17(24)22-15-4-1-10(8-19)9-21-15/h1,4-6,9,11,14H,2-3,7H2,(H,21,22,24)/t11-,14+/m1/s1. The highest BCUT2D eigenvalue weighted by Gasteiger charge is 2.43. The maximum atomic E-state index is 13.9. The summed E-state index contributed by atoms with van der Waals surface area (Å²) < 4.78 is 13.9. The van der Waals surface area contributed by atoms with Crippen LogP contribution < -0.4 is 5.32 Å². The lowest BCUT2D eigenvalue weighted by Gasteiger charge is -2.36. The Morgan fingerprint density at radius 3 is 2.96 bits per heavy atom. The fourth-order valence-corrected chi connectivity index (χ4v) is 3.63. The van der Waals surface area contributed by atoms with E-state index >= 15 is 0 Å². The van der Waals surface area contributed by atoms with E-state index < -0.39 is 5.95 Å². The zero-order chi connectivity index (χ0) is 16.7. The number of carbonyl (C=O) groups excluding carboxylic acids is 1. The van der Waals surface area contributed by atoms with Gasteiger partial charge in [0.1, 0.15) is 11.9 Å². The van der Waals surface area contributed by atoms with Gasteiger partial charge in [-0.2, -0.15) is 9.65 Å². The summed E-state index contributed by atoms with van der Waals surface area (Å²) in [5.41, 5.74) is 1.91. The van der Waals surface area contributed by atoms with Crippen molar-refractivity contribution in [2.75, 3.05) is 5.32 Å². The molecule has 0 aliphatic carbocycles. The van der Waals surface area contributed by atoms with Crippen LogP contribution in [0.3, 0.4) is 0 Å². The van der Waals surface area contributed by atoms with E-state index in [1.165, 1.54) is 12.4 Å². The number of hydrogen-bond donors (Lipinski definition) is 1. The number of nitriles is 1. The molecule has 2 bridgehead atoms. The molecule has 2 aromatic heterocycles. The van der Waals surface area contributed by atoms with Gasteiger partial charge in [-0.25, -0.2) is 14.8 Å². The number of aromatic nitrogens is 2. The molecule has 24 heavy (non-hydrogen) atoms. The third-order valence-corrected chi connectivity index (χ3v) is 4.70. The molecule has 4 heterocycles. The predicted octanol–water partition coefficient (Wildman–Crippen LogP) is 2.78. The van der Waals surface area contributed by atoms with Crippen molar-refractivity contribution in [3.05, 3.63) is 53.2 Å². The molecule has 120 valence electrons. The molecule has 2 aromatic rings. The lowest BCUT2D eigenvalue weighted by molar-refractivity contribution is 0.178. The highest BCUT2D eigenvalue weighted by molar-refractivity contribution is 5.89. The average molecular weight is 323 g/mol. The van der Waals surface area contributed by atoms with Gasteiger partial charge in [0.05, 0.1) is 11.6 Å². The number of fused-ring (bicyclic) bond motifs is 4. The van der Waals surface area contributed by atoms with Crippen molar-refractivity contribution < 1.29 is 9.18 Å². The first-order valence-corrected chi connectivity index (χ1v) is 7.76. The Bertz CT molecular complexity index is 845. The van der Waals surface area contributed by atoms with Gasteiger partial charge in [-0.1, -0.05) is 0 Å². The van der Waals surface area contributed by atoms with Crippen molar-refractivity contribution in [2.24, 2.45) is 0 Å². The molecule has 0 aromatic carbocycles. The van der Waals surface area contributed by atoms with Crippen LogP contribution in [0.5, 0.6) is 0 Å². The lowest BCUT2D eigenvalue weighted by atomic mass is 9.95. The van der Waals surface area contributed by atoms with Crippen molar-refractivity contribution in [3.8, 4) is 6.07 Å². The van der Waals surface area contributed by atoms with E-state index in [0.29, 0.717) is 23.4 Å². The number of urea groups is 1. The summed E-state index contributed by atoms with van der Waals surface area (Å²) in [6.07, 6.45) is 5.00. The van der Waals surface area contributed by atoms with Crippen molar-refractivity contribution in [2.45, 2.75) is 31.3 Å². The predicted molar refractivity (Wildman–Crippen MR) is 83.5 cm³/mol. The molecule has 0 spiro atoms. The summed E-state index contributed by atoms with van der Waals surface area (Å²) in [6.45, 7) is 0. The normalized spacial score (nSPS) is 21.1. The van der Waals surface area contributed by atoms with Crippen LogP contribution in [0.15, 0.2) is 30.6 Å². The number of carbonyl (C=O) groups is 1. The van der Waals surface area contributed by atoms with Crippen molar-refractivity contribution in [1.29, 1.82) is 5.26 Å². The number of anilines is 1. The van der Waals surface area contributed by atoms with Crippen LogP contribution in [-0.4, -0.2) is 26.9 Å². The molecule has 0 saturated carbocycles. The Balaban J connectivity index is 1.58. The second kappa shape index (κ2) is 5.57. The number of pyridine rings is 2. The Hall–Kier alpha value is -3.01. The van der Waals surface area contributed by atoms with Gasteiger partial charge in [-0.05, 0) is 43.0 Å². The van der Waals surface area contributed by atoms with E-state index in [-0.39, 0.29) is 18.1 Å². The Morgan fingerprint density at radius 1 is 1.33 bits per heavy atom. The van der Waals surface area contributed by atoms with Crippen LogP contribution in [0.1, 0.15) is 35.6 Å². The SMILES string of the molecule is N#Cc1ccc(NC(=O)N2[C@@H]3CC[C@H]2c2ccnc(F)c2C3)nc1. The van der Waals surface area contributed by atoms with Crippen LogP contribution in [0.2, 0.25) is 0 Å². The fourth-order valence-electron chi connectivity index (χ4n) is 3.63. The van der Waals surface area contributed by atoms with E-state index in [0.717, 1.165) is 18.4 Å². The van der Waals surface area contributed by atoms with E-state index in [4.69, 9.17) is 5.26 Å². The molecule has 2 amide bonds. The molecule has 0 radical (unpaired) electrons. The Kier molecular flexibility index (Phi) is 3.38. The smallest absolute Gasteiger partial charge is 0.314 e. The average Bonchev–Trinajstić information content (AvgIpc) is 2.92. The van der Waals surface area contributed by atoms with Gasteiger partial charge in [0.15, 0.2) is 0 Å². The molecule has 1 N–H and O–H groups in total. The third kappa shape index (κ3) is 2.27. The molecule has 1 saturated heterocycles.